The number of nitrogens with zero attached hydrogens (tertiary/aromatic N) is 1. The Morgan fingerprint density at radius 1 is 1.00 bits per heavy atom. The van der Waals surface area contributed by atoms with Gasteiger partial charge >= 0.3 is 5.97 Å². The van der Waals surface area contributed by atoms with E-state index in [1.807, 2.05) is 0 Å². The van der Waals surface area contributed by atoms with Crippen molar-refractivity contribution in [3.05, 3.63) is 0 Å². The summed E-state index contributed by atoms with van der Waals surface area (Å²) in [5, 5.41) is 31.2. The average Bonchev–Trinajstić information content (AvgIpc) is 2.86. The van der Waals surface area contributed by atoms with Crippen LogP contribution in [0, 0.1) is 0 Å². The summed E-state index contributed by atoms with van der Waals surface area (Å²) in [7, 11) is 0. The number of aliphatic hydroxyl groups is 1. The summed E-state index contributed by atoms with van der Waals surface area (Å²) in [5.41, 5.74) is 16.0. The van der Waals surface area contributed by atoms with Crippen LogP contribution in [0.2, 0.25) is 0 Å². The predicted octanol–water partition coefficient (Wildman–Crippen LogP) is -4.57. The number of hydrogen-bond donors (Lipinski definition) is 10. The van der Waals surface area contributed by atoms with Crippen LogP contribution in [0.5, 0.6) is 0 Å². The van der Waals surface area contributed by atoms with E-state index in [0.29, 0.717) is 0 Å². The molecule has 0 radical (unpaired) electrons. The Morgan fingerprint density at radius 3 is 2.15 bits per heavy atom. The van der Waals surface area contributed by atoms with Crippen LogP contribution in [-0.2, 0) is 28.8 Å². The van der Waals surface area contributed by atoms with Crippen LogP contribution in [0.25, 0.3) is 0 Å². The molecule has 0 aromatic heterocycles. The number of aliphatic carboxylic acids is 1. The number of nitrogens with one attached hydrogen (secondary N) is 5. The van der Waals surface area contributed by atoms with Gasteiger partial charge in [-0.1, -0.05) is 13.8 Å². The molecule has 232 valence electrons. The summed E-state index contributed by atoms with van der Waals surface area (Å²) in [4.78, 5) is 79.7. The van der Waals surface area contributed by atoms with Crippen molar-refractivity contribution in [1.82, 2.24) is 26.6 Å². The number of nitrogens with two attached hydrogens (primary N) is 3. The van der Waals surface area contributed by atoms with Gasteiger partial charge in [-0.15, -0.1) is 11.8 Å². The van der Waals surface area contributed by atoms with Crippen molar-refractivity contribution in [3.63, 3.8) is 0 Å². The van der Waals surface area contributed by atoms with Crippen molar-refractivity contribution >= 4 is 53.2 Å². The molecule has 0 bridgehead atoms. The molecule has 1 heterocycles. The van der Waals surface area contributed by atoms with Crippen molar-refractivity contribution < 1.29 is 39.0 Å². The van der Waals surface area contributed by atoms with Crippen molar-refractivity contribution in [3.8, 4) is 0 Å². The van der Waals surface area contributed by atoms with E-state index in [9.17, 15) is 39.0 Å². The Labute approximate surface area is 241 Å². The highest BCUT2D eigenvalue weighted by Crippen LogP contribution is 2.21. The highest BCUT2D eigenvalue weighted by molar-refractivity contribution is 8.00. The van der Waals surface area contributed by atoms with Gasteiger partial charge in [0.05, 0.1) is 25.1 Å². The maximum Gasteiger partial charge on any atom is 0.318 e. The third-order valence-corrected chi connectivity index (χ3v) is 7.22. The highest BCUT2D eigenvalue weighted by Gasteiger charge is 2.36. The van der Waals surface area contributed by atoms with Gasteiger partial charge in [0, 0.05) is 18.3 Å². The quantitative estimate of drug-likeness (QED) is 0.0641. The number of hydrogen-bond acceptors (Lipinski definition) is 10. The zero-order valence-electron chi connectivity index (χ0n) is 23.2. The van der Waals surface area contributed by atoms with Gasteiger partial charge in [-0.05, 0) is 19.8 Å². The second kappa shape index (κ2) is 17.2. The van der Waals surface area contributed by atoms with Crippen molar-refractivity contribution in [1.29, 1.82) is 0 Å². The Bertz CT molecular complexity index is 992. The van der Waals surface area contributed by atoms with E-state index < -0.39 is 84.0 Å². The van der Waals surface area contributed by atoms with Crippen LogP contribution in [0.15, 0.2) is 4.99 Å². The molecule has 18 heteroatoms. The minimum atomic E-state index is -1.49. The van der Waals surface area contributed by atoms with Crippen LogP contribution in [0.1, 0.15) is 40.0 Å². The number of amides is 5. The Kier molecular flexibility index (Phi) is 14.9. The fraction of sp³-hybridized carbons (Fsp3) is 0.696. The summed E-state index contributed by atoms with van der Waals surface area (Å²) >= 11 is 0.855. The molecule has 0 aliphatic carbocycles. The number of carboxylic acids is 1. The van der Waals surface area contributed by atoms with Crippen molar-refractivity contribution in [2.24, 2.45) is 22.2 Å². The molecular formula is C23H41N9O8S. The molecule has 1 saturated heterocycles. The normalized spacial score (nSPS) is 26.8. The van der Waals surface area contributed by atoms with Crippen molar-refractivity contribution in [2.45, 2.75) is 81.5 Å². The minimum absolute atomic E-state index is 0.0806. The minimum Gasteiger partial charge on any atom is -0.480 e. The summed E-state index contributed by atoms with van der Waals surface area (Å²) < 4.78 is 0. The molecule has 1 fully saturated rings. The zero-order chi connectivity index (χ0) is 31.3. The van der Waals surface area contributed by atoms with Gasteiger partial charge in [-0.3, -0.25) is 33.8 Å². The molecule has 1 rings (SSSR count). The van der Waals surface area contributed by atoms with Gasteiger partial charge in [0.25, 0.3) is 0 Å². The lowest BCUT2D eigenvalue weighted by atomic mass is 10.1. The van der Waals surface area contributed by atoms with Gasteiger partial charge in [0.1, 0.15) is 23.4 Å². The van der Waals surface area contributed by atoms with Gasteiger partial charge in [0.2, 0.25) is 29.5 Å². The monoisotopic (exact) mass is 603 g/mol. The van der Waals surface area contributed by atoms with Gasteiger partial charge < -0.3 is 54.0 Å². The lowest BCUT2D eigenvalue weighted by Crippen LogP contribution is -2.60. The molecular weight excluding hydrogens is 562 g/mol. The number of aliphatic hydroxyl groups excluding tert-OH is 1. The maximum atomic E-state index is 13.2. The second-order valence-electron chi connectivity index (χ2n) is 9.74. The maximum absolute atomic E-state index is 13.2. The molecule has 0 saturated carbocycles. The molecule has 17 nitrogen and oxygen atoms in total. The molecule has 6 atom stereocenters. The standard InChI is InChI=1S/C23H41N9O8S/c1-10(2)28-15-9-41-17(22(39)40)12(5-4-6-27-23(25)26)30-19(36)13(7-16(24)34)31-18(35)11(3)29-20(37)14(8-33)32-21(15)38/h10-15,17,28,33H,4-9H2,1-3H3,(H2,24,34)(H,29,37)(H,30,36)(H,31,35)(H,32,38)(H,39,40)(H4,25,26,27)/t11-,12+,13?,14?,15?,17?/m0/s1. The first kappa shape index (κ1) is 35.4. The first-order valence-electron chi connectivity index (χ1n) is 12.9. The fourth-order valence-corrected chi connectivity index (χ4v) is 5.04. The summed E-state index contributed by atoms with van der Waals surface area (Å²) in [6, 6.07) is -6.46. The van der Waals surface area contributed by atoms with E-state index in [0.717, 1.165) is 11.8 Å². The van der Waals surface area contributed by atoms with E-state index in [4.69, 9.17) is 17.2 Å². The summed E-state index contributed by atoms with van der Waals surface area (Å²) in [6.45, 7) is 4.14. The molecule has 4 unspecified atom stereocenters. The third kappa shape index (κ3) is 12.6. The van der Waals surface area contributed by atoms with Crippen LogP contribution >= 0.6 is 11.8 Å². The third-order valence-electron chi connectivity index (χ3n) is 5.80. The second-order valence-corrected chi connectivity index (χ2v) is 10.9. The van der Waals surface area contributed by atoms with Gasteiger partial charge in [0.15, 0.2) is 5.96 Å². The number of carbonyl (C=O) groups excluding carboxylic acids is 5. The number of rotatable bonds is 10. The topological polar surface area (TPSA) is 293 Å². The summed E-state index contributed by atoms with van der Waals surface area (Å²) in [6.07, 6.45) is -0.272. The SMILES string of the molecule is CC(C)NC1CSC(C(=O)O)[C@@H](CCCN=C(N)N)NC(=O)C(CC(N)=O)NC(=O)[C@H](C)NC(=O)C(CO)NC1=O. The van der Waals surface area contributed by atoms with Gasteiger partial charge in [-0.2, -0.15) is 0 Å². The average molecular weight is 604 g/mol. The first-order chi connectivity index (χ1) is 19.2. The molecule has 5 amide bonds. The lowest BCUT2D eigenvalue weighted by molar-refractivity contribution is -0.138. The number of aliphatic imine (C=N–C) groups is 1. The van der Waals surface area contributed by atoms with Crippen LogP contribution in [0.3, 0.4) is 0 Å². The molecule has 1 aliphatic heterocycles. The van der Waals surface area contributed by atoms with E-state index in [2.05, 4.69) is 31.6 Å². The molecule has 0 aromatic rings. The number of thioether (sulfide) groups is 1. The Morgan fingerprint density at radius 2 is 1.61 bits per heavy atom. The number of carbonyl (C=O) groups is 6. The Hall–Kier alpha value is -3.64. The zero-order valence-corrected chi connectivity index (χ0v) is 24.0. The molecule has 0 spiro atoms. The molecule has 41 heavy (non-hydrogen) atoms. The van der Waals surface area contributed by atoms with E-state index in [-0.39, 0.29) is 37.1 Å². The van der Waals surface area contributed by atoms with Crippen LogP contribution in [0.4, 0.5) is 0 Å². The van der Waals surface area contributed by atoms with Crippen molar-refractivity contribution in [2.75, 3.05) is 18.9 Å². The van der Waals surface area contributed by atoms with Crippen LogP contribution < -0.4 is 43.8 Å². The van der Waals surface area contributed by atoms with Crippen LogP contribution in [-0.4, -0.2) is 112 Å². The number of carboxylic acid groups (broad SMARTS) is 1. The predicted molar refractivity (Wildman–Crippen MR) is 150 cm³/mol. The first-order valence-corrected chi connectivity index (χ1v) is 14.0. The molecule has 0 aromatic carbocycles. The van der Waals surface area contributed by atoms with E-state index in [1.54, 1.807) is 13.8 Å². The number of primary amides is 1. The smallest absolute Gasteiger partial charge is 0.318 e. The summed E-state index contributed by atoms with van der Waals surface area (Å²) in [5.74, 6) is -5.82. The lowest BCUT2D eigenvalue weighted by Gasteiger charge is -2.30. The Balaban J connectivity index is 3.51. The highest BCUT2D eigenvalue weighted by atomic mass is 32.2. The largest absolute Gasteiger partial charge is 0.480 e. The van der Waals surface area contributed by atoms with E-state index >= 15 is 0 Å². The molecule has 13 N–H and O–H groups in total. The van der Waals surface area contributed by atoms with E-state index in [1.165, 1.54) is 6.92 Å². The fourth-order valence-electron chi connectivity index (χ4n) is 3.82. The van der Waals surface area contributed by atoms with Gasteiger partial charge in [-0.25, -0.2) is 0 Å². The number of guanidine groups is 1. The molecule has 1 aliphatic rings.